The summed E-state index contributed by atoms with van der Waals surface area (Å²) in [7, 11) is -3.00. The van der Waals surface area contributed by atoms with Gasteiger partial charge in [0.2, 0.25) is 0 Å². The number of carbonyl (C=O) groups excluding carboxylic acids is 2. The molecule has 114 valence electrons. The summed E-state index contributed by atoms with van der Waals surface area (Å²) in [5.41, 5.74) is 0.161. The van der Waals surface area contributed by atoms with Gasteiger partial charge in [0.25, 0.3) is 15.9 Å². The van der Waals surface area contributed by atoms with Crippen molar-refractivity contribution in [2.24, 2.45) is 0 Å². The molecule has 7 heteroatoms. The average molecular weight is 311 g/mol. The summed E-state index contributed by atoms with van der Waals surface area (Å²) in [6.45, 7) is 3.35. The van der Waals surface area contributed by atoms with E-state index in [0.717, 1.165) is 7.11 Å². The largest absolute Gasteiger partial charge is 0.465 e. The van der Waals surface area contributed by atoms with E-state index in [4.69, 9.17) is 0 Å². The van der Waals surface area contributed by atoms with Crippen LogP contribution in [0.2, 0.25) is 0 Å². The van der Waals surface area contributed by atoms with Gasteiger partial charge in [0.1, 0.15) is 4.90 Å². The lowest BCUT2D eigenvalue weighted by atomic mass is 10.2. The van der Waals surface area contributed by atoms with E-state index in [1.807, 2.05) is 11.6 Å². The zero-order chi connectivity index (χ0) is 16.0. The minimum absolute atomic E-state index is 0.127. The number of rotatable bonds is 5. The number of carbonyl (C=O) groups is 2. The maximum atomic E-state index is 12.2. The molecule has 0 aromatic heterocycles. The monoisotopic (exact) mass is 311 g/mol. The number of esters is 1. The Labute approximate surface area is 123 Å². The number of ether oxygens (including phenoxy) is 1. The molecule has 1 aromatic rings. The Hall–Kier alpha value is -2.15. The van der Waals surface area contributed by atoms with Crippen LogP contribution >= 0.6 is 0 Å². The molecule has 0 unspecified atom stereocenters. The summed E-state index contributed by atoms with van der Waals surface area (Å²) in [6.07, 6.45) is 2.22. The van der Waals surface area contributed by atoms with E-state index in [2.05, 4.69) is 4.74 Å². The van der Waals surface area contributed by atoms with E-state index in [1.54, 1.807) is 6.08 Å². The van der Waals surface area contributed by atoms with Crippen LogP contribution < -0.4 is 4.72 Å². The van der Waals surface area contributed by atoms with Crippen molar-refractivity contribution in [3.8, 4) is 0 Å². The van der Waals surface area contributed by atoms with Crippen molar-refractivity contribution >= 4 is 21.9 Å². The molecule has 0 bridgehead atoms. The van der Waals surface area contributed by atoms with E-state index >= 15 is 0 Å². The summed E-state index contributed by atoms with van der Waals surface area (Å²) >= 11 is 0. The Balaban J connectivity index is 3.18. The third-order valence-electron chi connectivity index (χ3n) is 2.68. The fourth-order valence-electron chi connectivity index (χ4n) is 1.64. The highest BCUT2D eigenvalue weighted by molar-refractivity contribution is 7.90. The van der Waals surface area contributed by atoms with Gasteiger partial charge >= 0.3 is 5.97 Å². The lowest BCUT2D eigenvalue weighted by molar-refractivity contribution is -0.115. The van der Waals surface area contributed by atoms with Crippen LogP contribution in [0.4, 0.5) is 0 Å². The Bertz CT molecular complexity index is 676. The number of benzene rings is 1. The molecule has 0 aliphatic carbocycles. The van der Waals surface area contributed by atoms with Crippen molar-refractivity contribution in [3.05, 3.63) is 41.5 Å². The first-order valence-electron chi connectivity index (χ1n) is 6.24. The highest BCUT2D eigenvalue weighted by Crippen LogP contribution is 2.16. The van der Waals surface area contributed by atoms with Crippen LogP contribution in [0, 0.1) is 0 Å². The summed E-state index contributed by atoms with van der Waals surface area (Å²) in [6, 6.07) is 5.52. The van der Waals surface area contributed by atoms with Crippen LogP contribution in [-0.4, -0.2) is 27.4 Å². The first-order chi connectivity index (χ1) is 9.83. The Morgan fingerprint density at radius 1 is 1.29 bits per heavy atom. The molecule has 0 spiro atoms. The van der Waals surface area contributed by atoms with Crippen LogP contribution in [0.5, 0.6) is 0 Å². The molecule has 1 aromatic carbocycles. The fraction of sp³-hybridized carbons (Fsp3) is 0.286. The molecule has 0 aliphatic heterocycles. The minimum atomic E-state index is -4.15. The van der Waals surface area contributed by atoms with Gasteiger partial charge in [0, 0.05) is 5.57 Å². The van der Waals surface area contributed by atoms with Crippen molar-refractivity contribution < 1.29 is 22.7 Å². The molecular formula is C14H17NO5S. The SMILES string of the molecule is CCC=C(C)C(=O)NS(=O)(=O)c1ccccc1C(=O)OC. The third-order valence-corrected chi connectivity index (χ3v) is 4.07. The normalized spacial score (nSPS) is 11.9. The predicted octanol–water partition coefficient (Wildman–Crippen LogP) is 1.63. The Morgan fingerprint density at radius 2 is 1.90 bits per heavy atom. The minimum Gasteiger partial charge on any atom is -0.465 e. The highest BCUT2D eigenvalue weighted by Gasteiger charge is 2.24. The van der Waals surface area contributed by atoms with E-state index < -0.39 is 21.9 Å². The van der Waals surface area contributed by atoms with Crippen molar-refractivity contribution in [2.45, 2.75) is 25.2 Å². The number of sulfonamides is 1. The van der Waals surface area contributed by atoms with Gasteiger partial charge < -0.3 is 4.74 Å². The molecule has 0 heterocycles. The van der Waals surface area contributed by atoms with Crippen LogP contribution in [0.3, 0.4) is 0 Å². The molecule has 0 aliphatic rings. The lowest BCUT2D eigenvalue weighted by Crippen LogP contribution is -2.32. The second-order valence-corrected chi connectivity index (χ2v) is 5.87. The molecule has 1 amide bonds. The number of allylic oxidation sites excluding steroid dienone is 1. The standard InChI is InChI=1S/C14H17NO5S/c1-4-7-10(2)13(16)15-21(18,19)12-9-6-5-8-11(12)14(17)20-3/h5-9H,4H2,1-3H3,(H,15,16). The predicted molar refractivity (Wildman–Crippen MR) is 77.2 cm³/mol. The second-order valence-electron chi connectivity index (χ2n) is 4.22. The van der Waals surface area contributed by atoms with Crippen molar-refractivity contribution in [1.29, 1.82) is 0 Å². The van der Waals surface area contributed by atoms with Crippen LogP contribution in [0.25, 0.3) is 0 Å². The first kappa shape index (κ1) is 16.9. The van der Waals surface area contributed by atoms with E-state index in [0.29, 0.717) is 6.42 Å². The topological polar surface area (TPSA) is 89.5 Å². The maximum absolute atomic E-state index is 12.2. The first-order valence-corrected chi connectivity index (χ1v) is 7.73. The molecule has 1 N–H and O–H groups in total. The third kappa shape index (κ3) is 4.16. The number of hydrogen-bond acceptors (Lipinski definition) is 5. The summed E-state index contributed by atoms with van der Waals surface area (Å²) in [5, 5.41) is 0. The van der Waals surface area contributed by atoms with Gasteiger partial charge in [-0.05, 0) is 25.5 Å². The Kier molecular flexibility index (Phi) is 5.66. The van der Waals surface area contributed by atoms with Crippen molar-refractivity contribution in [3.63, 3.8) is 0 Å². The zero-order valence-corrected chi connectivity index (χ0v) is 12.9. The quantitative estimate of drug-likeness (QED) is 0.659. The smallest absolute Gasteiger partial charge is 0.339 e. The van der Waals surface area contributed by atoms with Gasteiger partial charge in [-0.3, -0.25) is 4.79 Å². The van der Waals surface area contributed by atoms with Crippen LogP contribution in [0.1, 0.15) is 30.6 Å². The number of hydrogen-bond donors (Lipinski definition) is 1. The molecule has 0 saturated carbocycles. The van der Waals surface area contributed by atoms with Crippen LogP contribution in [-0.2, 0) is 19.6 Å². The van der Waals surface area contributed by atoms with Crippen molar-refractivity contribution in [1.82, 2.24) is 4.72 Å². The molecule has 1 rings (SSSR count). The zero-order valence-electron chi connectivity index (χ0n) is 12.0. The fourth-order valence-corrected chi connectivity index (χ4v) is 2.85. The second kappa shape index (κ2) is 7.03. The van der Waals surface area contributed by atoms with Gasteiger partial charge in [-0.25, -0.2) is 17.9 Å². The van der Waals surface area contributed by atoms with E-state index in [1.165, 1.54) is 31.2 Å². The molecule has 0 radical (unpaired) electrons. The molecular weight excluding hydrogens is 294 g/mol. The number of methoxy groups -OCH3 is 1. The van der Waals surface area contributed by atoms with Gasteiger partial charge in [-0.2, -0.15) is 0 Å². The maximum Gasteiger partial charge on any atom is 0.339 e. The van der Waals surface area contributed by atoms with Gasteiger partial charge in [-0.15, -0.1) is 0 Å². The van der Waals surface area contributed by atoms with Crippen molar-refractivity contribution in [2.75, 3.05) is 7.11 Å². The summed E-state index contributed by atoms with van der Waals surface area (Å²) < 4.78 is 30.9. The summed E-state index contributed by atoms with van der Waals surface area (Å²) in [5.74, 6) is -1.51. The molecule has 0 fully saturated rings. The number of amides is 1. The van der Waals surface area contributed by atoms with Crippen LogP contribution in [0.15, 0.2) is 40.8 Å². The average Bonchev–Trinajstić information content (AvgIpc) is 2.46. The summed E-state index contributed by atoms with van der Waals surface area (Å²) in [4.78, 5) is 23.1. The van der Waals surface area contributed by atoms with Gasteiger partial charge in [-0.1, -0.05) is 25.1 Å². The highest BCUT2D eigenvalue weighted by atomic mass is 32.2. The number of nitrogens with one attached hydrogen (secondary N) is 1. The molecule has 0 saturated heterocycles. The lowest BCUT2D eigenvalue weighted by Gasteiger charge is -2.10. The van der Waals surface area contributed by atoms with E-state index in [-0.39, 0.29) is 16.0 Å². The van der Waals surface area contributed by atoms with Gasteiger partial charge in [0.15, 0.2) is 0 Å². The van der Waals surface area contributed by atoms with Gasteiger partial charge in [0.05, 0.1) is 12.7 Å². The Morgan fingerprint density at radius 3 is 2.48 bits per heavy atom. The van der Waals surface area contributed by atoms with E-state index in [9.17, 15) is 18.0 Å². The molecule has 0 atom stereocenters. The molecule has 6 nitrogen and oxygen atoms in total. The molecule has 21 heavy (non-hydrogen) atoms.